The van der Waals surface area contributed by atoms with Crippen LogP contribution in [0.15, 0.2) is 29.6 Å². The second kappa shape index (κ2) is 7.20. The lowest BCUT2D eigenvalue weighted by Crippen LogP contribution is -2.39. The highest BCUT2D eigenvalue weighted by Crippen LogP contribution is 2.33. The fraction of sp³-hybridized carbons (Fsp3) is 0.353. The quantitative estimate of drug-likeness (QED) is 0.653. The molecule has 1 aliphatic heterocycles. The van der Waals surface area contributed by atoms with Crippen LogP contribution in [0, 0.1) is 10.1 Å². The molecule has 0 saturated heterocycles. The van der Waals surface area contributed by atoms with Crippen LogP contribution in [0.2, 0.25) is 0 Å². The molecule has 2 aromatic rings. The molecular formula is C17H19N3O4S. The molecule has 0 unspecified atom stereocenters. The van der Waals surface area contributed by atoms with Gasteiger partial charge in [0.2, 0.25) is 5.91 Å². The second-order valence-corrected chi connectivity index (χ2v) is 6.89. The third-order valence-electron chi connectivity index (χ3n) is 4.42. The summed E-state index contributed by atoms with van der Waals surface area (Å²) in [7, 11) is 1.46. The summed E-state index contributed by atoms with van der Waals surface area (Å²) in [5, 5.41) is 15.8. The number of rotatable bonds is 5. The van der Waals surface area contributed by atoms with Crippen molar-refractivity contribution >= 4 is 28.6 Å². The molecular weight excluding hydrogens is 342 g/mol. The van der Waals surface area contributed by atoms with Crippen molar-refractivity contribution in [1.82, 2.24) is 4.90 Å². The normalized spacial score (nSPS) is 17.0. The van der Waals surface area contributed by atoms with Crippen molar-refractivity contribution in [1.29, 1.82) is 0 Å². The van der Waals surface area contributed by atoms with E-state index in [1.54, 1.807) is 11.3 Å². The van der Waals surface area contributed by atoms with E-state index < -0.39 is 4.92 Å². The van der Waals surface area contributed by atoms with E-state index in [0.717, 1.165) is 13.0 Å². The monoisotopic (exact) mass is 361 g/mol. The predicted molar refractivity (Wildman–Crippen MR) is 96.3 cm³/mol. The van der Waals surface area contributed by atoms with Crippen molar-refractivity contribution in [2.24, 2.45) is 0 Å². The number of hydrogen-bond donors (Lipinski definition) is 1. The molecule has 25 heavy (non-hydrogen) atoms. The number of anilines is 1. The molecule has 0 radical (unpaired) electrons. The highest BCUT2D eigenvalue weighted by molar-refractivity contribution is 7.10. The van der Waals surface area contributed by atoms with E-state index in [9.17, 15) is 14.9 Å². The summed E-state index contributed by atoms with van der Waals surface area (Å²) in [5.41, 5.74) is 1.49. The minimum absolute atomic E-state index is 0.0923. The number of fused-ring (bicyclic) bond motifs is 1. The molecule has 0 aliphatic carbocycles. The number of nitrogens with zero attached hydrogens (tertiary/aromatic N) is 2. The van der Waals surface area contributed by atoms with Gasteiger partial charge in [-0.1, -0.05) is 0 Å². The van der Waals surface area contributed by atoms with Gasteiger partial charge in [0.25, 0.3) is 5.69 Å². The number of methoxy groups -OCH3 is 1. The molecule has 3 rings (SSSR count). The molecule has 0 fully saturated rings. The third kappa shape index (κ3) is 3.64. The highest BCUT2D eigenvalue weighted by Gasteiger charge is 2.26. The number of nitrogens with one attached hydrogen (secondary N) is 1. The number of thiophene rings is 1. The molecule has 0 bridgehead atoms. The van der Waals surface area contributed by atoms with E-state index in [1.807, 2.05) is 0 Å². The number of benzene rings is 1. The number of nitro benzene ring substituents is 1. The topological polar surface area (TPSA) is 84.7 Å². The SMILES string of the molecule is COc1ccc([N+](=O)[O-])cc1NC(=O)CN1CCc2sccc2[C@H]1C. The van der Waals surface area contributed by atoms with Gasteiger partial charge in [-0.05, 0) is 36.4 Å². The van der Waals surface area contributed by atoms with E-state index >= 15 is 0 Å². The zero-order valence-corrected chi connectivity index (χ0v) is 14.8. The van der Waals surface area contributed by atoms with Gasteiger partial charge in [0.05, 0.1) is 24.3 Å². The number of carbonyl (C=O) groups is 1. The number of amides is 1. The number of nitro groups is 1. The summed E-state index contributed by atoms with van der Waals surface area (Å²) in [6.45, 7) is 3.13. The maximum absolute atomic E-state index is 12.5. The maximum atomic E-state index is 12.5. The van der Waals surface area contributed by atoms with Gasteiger partial charge >= 0.3 is 0 Å². The van der Waals surface area contributed by atoms with Gasteiger partial charge in [0, 0.05) is 29.6 Å². The number of ether oxygens (including phenoxy) is 1. The first-order chi connectivity index (χ1) is 12.0. The molecule has 0 saturated carbocycles. The van der Waals surface area contributed by atoms with Gasteiger partial charge in [-0.25, -0.2) is 0 Å². The molecule has 132 valence electrons. The summed E-state index contributed by atoms with van der Waals surface area (Å²) >= 11 is 1.75. The highest BCUT2D eigenvalue weighted by atomic mass is 32.1. The zero-order chi connectivity index (χ0) is 18.0. The van der Waals surface area contributed by atoms with Gasteiger partial charge in [0.15, 0.2) is 0 Å². The summed E-state index contributed by atoms with van der Waals surface area (Å²) < 4.78 is 5.18. The van der Waals surface area contributed by atoms with Gasteiger partial charge in [0.1, 0.15) is 5.75 Å². The van der Waals surface area contributed by atoms with Crippen LogP contribution in [0.1, 0.15) is 23.4 Å². The van der Waals surface area contributed by atoms with Crippen LogP contribution in [0.3, 0.4) is 0 Å². The molecule has 0 spiro atoms. The van der Waals surface area contributed by atoms with Gasteiger partial charge in [-0.15, -0.1) is 11.3 Å². The van der Waals surface area contributed by atoms with Crippen LogP contribution < -0.4 is 10.1 Å². The smallest absolute Gasteiger partial charge is 0.271 e. The van der Waals surface area contributed by atoms with Crippen molar-refractivity contribution in [3.63, 3.8) is 0 Å². The first-order valence-corrected chi connectivity index (χ1v) is 8.80. The molecule has 1 N–H and O–H groups in total. The van der Waals surface area contributed by atoms with Crippen LogP contribution in [0.5, 0.6) is 5.75 Å². The van der Waals surface area contributed by atoms with Crippen LogP contribution in [-0.2, 0) is 11.2 Å². The lowest BCUT2D eigenvalue weighted by atomic mass is 10.0. The van der Waals surface area contributed by atoms with Crippen molar-refractivity contribution in [3.05, 3.63) is 50.2 Å². The molecule has 2 heterocycles. The standard InChI is InChI=1S/C17H19N3O4S/c1-11-13-6-8-25-16(13)5-7-19(11)10-17(21)18-14-9-12(20(22)23)3-4-15(14)24-2/h3-4,6,8-9,11H,5,7,10H2,1-2H3,(H,18,21)/t11-/m1/s1. The maximum Gasteiger partial charge on any atom is 0.271 e. The summed E-state index contributed by atoms with van der Waals surface area (Å²) in [5.74, 6) is 0.176. The fourth-order valence-electron chi connectivity index (χ4n) is 3.06. The molecule has 1 aromatic carbocycles. The van der Waals surface area contributed by atoms with E-state index in [1.165, 1.54) is 35.7 Å². The van der Waals surface area contributed by atoms with E-state index in [2.05, 4.69) is 28.6 Å². The summed E-state index contributed by atoms with van der Waals surface area (Å²) in [6, 6.07) is 6.42. The Kier molecular flexibility index (Phi) is 5.00. The minimum Gasteiger partial charge on any atom is -0.495 e. The Hall–Kier alpha value is -2.45. The zero-order valence-electron chi connectivity index (χ0n) is 14.0. The summed E-state index contributed by atoms with van der Waals surface area (Å²) in [4.78, 5) is 26.4. The molecule has 1 amide bonds. The Labute approximate surface area is 149 Å². The Morgan fingerprint density at radius 2 is 2.28 bits per heavy atom. The molecule has 1 aliphatic rings. The van der Waals surface area contributed by atoms with Crippen LogP contribution in [0.4, 0.5) is 11.4 Å². The molecule has 8 heteroatoms. The van der Waals surface area contributed by atoms with Crippen molar-refractivity contribution in [2.45, 2.75) is 19.4 Å². The Morgan fingerprint density at radius 1 is 1.48 bits per heavy atom. The molecule has 1 aromatic heterocycles. The van der Waals surface area contributed by atoms with Crippen molar-refractivity contribution in [2.75, 3.05) is 25.5 Å². The van der Waals surface area contributed by atoms with E-state index in [0.29, 0.717) is 11.4 Å². The number of carbonyl (C=O) groups excluding carboxylic acids is 1. The van der Waals surface area contributed by atoms with Crippen molar-refractivity contribution < 1.29 is 14.5 Å². The van der Waals surface area contributed by atoms with Crippen LogP contribution in [-0.4, -0.2) is 35.9 Å². The average Bonchev–Trinajstić information content (AvgIpc) is 3.06. The Bertz CT molecular complexity index is 805. The first kappa shape index (κ1) is 17.4. The molecule has 1 atom stereocenters. The third-order valence-corrected chi connectivity index (χ3v) is 5.41. The van der Waals surface area contributed by atoms with E-state index in [4.69, 9.17) is 4.74 Å². The lowest BCUT2D eigenvalue weighted by molar-refractivity contribution is -0.384. The van der Waals surface area contributed by atoms with Gasteiger partial charge in [-0.2, -0.15) is 0 Å². The number of non-ortho nitro benzene ring substituents is 1. The first-order valence-electron chi connectivity index (χ1n) is 7.92. The summed E-state index contributed by atoms with van der Waals surface area (Å²) in [6.07, 6.45) is 0.935. The number of hydrogen-bond acceptors (Lipinski definition) is 6. The Balaban J connectivity index is 1.71. The van der Waals surface area contributed by atoms with E-state index in [-0.39, 0.29) is 24.2 Å². The van der Waals surface area contributed by atoms with Crippen LogP contribution in [0.25, 0.3) is 0 Å². The fourth-order valence-corrected chi connectivity index (χ4v) is 4.02. The Morgan fingerprint density at radius 3 is 3.00 bits per heavy atom. The van der Waals surface area contributed by atoms with Crippen LogP contribution >= 0.6 is 11.3 Å². The second-order valence-electron chi connectivity index (χ2n) is 5.89. The van der Waals surface area contributed by atoms with Crippen molar-refractivity contribution in [3.8, 4) is 5.75 Å². The predicted octanol–water partition coefficient (Wildman–Crippen LogP) is 3.22. The largest absolute Gasteiger partial charge is 0.495 e. The minimum atomic E-state index is -0.500. The molecule has 7 nitrogen and oxygen atoms in total. The van der Waals surface area contributed by atoms with Gasteiger partial charge in [-0.3, -0.25) is 19.8 Å². The van der Waals surface area contributed by atoms with Gasteiger partial charge < -0.3 is 10.1 Å². The average molecular weight is 361 g/mol. The lowest BCUT2D eigenvalue weighted by Gasteiger charge is -2.32.